The molecule has 25 heavy (non-hydrogen) atoms. The quantitative estimate of drug-likeness (QED) is 0.632. The first-order valence-electron chi connectivity index (χ1n) is 7.90. The first-order valence-corrected chi connectivity index (χ1v) is 7.90. The van der Waals surface area contributed by atoms with Crippen LogP contribution in [0.3, 0.4) is 0 Å². The highest BCUT2D eigenvalue weighted by Crippen LogP contribution is 2.12. The number of nitrogens with two attached hydrogens (primary N) is 1. The standard InChI is InChI=1S/C17H25N3O4.ClH/c1-5-24-17(23)12(4)19-16(22)13-6-8-14(9-7-13)20-15(21)10(2)11(3)18;/h6-12H,5,18H2,1-4H3,(H,19,22)(H,20,21);1H. The number of esters is 1. The van der Waals surface area contributed by atoms with Crippen LogP contribution in [-0.2, 0) is 14.3 Å². The van der Waals surface area contributed by atoms with Crippen molar-refractivity contribution >= 4 is 35.9 Å². The normalized spacial score (nSPS) is 13.6. The van der Waals surface area contributed by atoms with Crippen LogP contribution in [0, 0.1) is 5.92 Å². The Kier molecular flexibility index (Phi) is 9.78. The van der Waals surface area contributed by atoms with Crippen LogP contribution in [0.4, 0.5) is 5.69 Å². The Balaban J connectivity index is 0.00000576. The van der Waals surface area contributed by atoms with Crippen LogP contribution < -0.4 is 16.4 Å². The summed E-state index contributed by atoms with van der Waals surface area (Å²) in [6, 6.07) is 5.40. The van der Waals surface area contributed by atoms with E-state index in [0.717, 1.165) is 0 Å². The minimum atomic E-state index is -0.733. The number of anilines is 1. The van der Waals surface area contributed by atoms with Gasteiger partial charge in [0.25, 0.3) is 5.91 Å². The minimum Gasteiger partial charge on any atom is -0.464 e. The predicted octanol–water partition coefficient (Wildman–Crippen LogP) is 1.71. The molecule has 8 heteroatoms. The van der Waals surface area contributed by atoms with Crippen molar-refractivity contribution in [3.05, 3.63) is 29.8 Å². The lowest BCUT2D eigenvalue weighted by Gasteiger charge is -2.15. The van der Waals surface area contributed by atoms with Gasteiger partial charge in [-0.2, -0.15) is 0 Å². The second-order valence-corrected chi connectivity index (χ2v) is 5.66. The number of amides is 2. The number of halogens is 1. The number of ether oxygens (including phenoxy) is 1. The number of rotatable bonds is 7. The summed E-state index contributed by atoms with van der Waals surface area (Å²) in [7, 11) is 0. The molecule has 0 saturated carbocycles. The van der Waals surface area contributed by atoms with E-state index in [1.807, 2.05) is 0 Å². The van der Waals surface area contributed by atoms with Crippen LogP contribution in [0.5, 0.6) is 0 Å². The molecule has 1 aromatic rings. The highest BCUT2D eigenvalue weighted by molar-refractivity contribution is 5.98. The third kappa shape index (κ3) is 7.11. The highest BCUT2D eigenvalue weighted by Gasteiger charge is 2.19. The van der Waals surface area contributed by atoms with Gasteiger partial charge in [0, 0.05) is 17.3 Å². The van der Waals surface area contributed by atoms with Crippen LogP contribution >= 0.6 is 12.4 Å². The molecule has 0 saturated heterocycles. The molecule has 0 aliphatic heterocycles. The van der Waals surface area contributed by atoms with E-state index in [1.165, 1.54) is 0 Å². The zero-order valence-electron chi connectivity index (χ0n) is 14.9. The molecular formula is C17H26ClN3O4. The van der Waals surface area contributed by atoms with Gasteiger partial charge in [0.15, 0.2) is 0 Å². The van der Waals surface area contributed by atoms with E-state index in [9.17, 15) is 14.4 Å². The molecule has 140 valence electrons. The zero-order chi connectivity index (χ0) is 18.3. The maximum absolute atomic E-state index is 12.1. The molecule has 4 N–H and O–H groups in total. The summed E-state index contributed by atoms with van der Waals surface area (Å²) in [6.07, 6.45) is 0. The Hall–Kier alpha value is -2.12. The molecule has 7 nitrogen and oxygen atoms in total. The number of benzene rings is 1. The maximum atomic E-state index is 12.1. The van der Waals surface area contributed by atoms with Crippen molar-refractivity contribution in [2.75, 3.05) is 11.9 Å². The van der Waals surface area contributed by atoms with Crippen molar-refractivity contribution in [2.24, 2.45) is 11.7 Å². The molecular weight excluding hydrogens is 346 g/mol. The second kappa shape index (κ2) is 10.7. The van der Waals surface area contributed by atoms with Gasteiger partial charge in [-0.15, -0.1) is 12.4 Å². The summed E-state index contributed by atoms with van der Waals surface area (Å²) in [5.41, 5.74) is 6.65. The smallest absolute Gasteiger partial charge is 0.328 e. The third-order valence-electron chi connectivity index (χ3n) is 3.60. The van der Waals surface area contributed by atoms with Gasteiger partial charge in [-0.1, -0.05) is 6.92 Å². The van der Waals surface area contributed by atoms with E-state index < -0.39 is 17.9 Å². The van der Waals surface area contributed by atoms with Gasteiger partial charge in [0.2, 0.25) is 5.91 Å². The summed E-state index contributed by atoms with van der Waals surface area (Å²) in [6.45, 7) is 7.03. The average molecular weight is 372 g/mol. The number of hydrogen-bond acceptors (Lipinski definition) is 5. The summed E-state index contributed by atoms with van der Waals surface area (Å²) >= 11 is 0. The topological polar surface area (TPSA) is 111 Å². The van der Waals surface area contributed by atoms with Gasteiger partial charge in [0.05, 0.1) is 12.5 Å². The van der Waals surface area contributed by atoms with E-state index in [0.29, 0.717) is 11.3 Å². The number of nitrogens with one attached hydrogen (secondary N) is 2. The molecule has 1 aromatic carbocycles. The van der Waals surface area contributed by atoms with Crippen LogP contribution in [0.25, 0.3) is 0 Å². The molecule has 0 bridgehead atoms. The van der Waals surface area contributed by atoms with Gasteiger partial charge in [-0.25, -0.2) is 4.79 Å². The lowest BCUT2D eigenvalue weighted by atomic mass is 10.0. The van der Waals surface area contributed by atoms with Gasteiger partial charge in [0.1, 0.15) is 6.04 Å². The van der Waals surface area contributed by atoms with Crippen LogP contribution in [0.1, 0.15) is 38.1 Å². The largest absolute Gasteiger partial charge is 0.464 e. The van der Waals surface area contributed by atoms with Crippen molar-refractivity contribution in [3.63, 3.8) is 0 Å². The van der Waals surface area contributed by atoms with Gasteiger partial charge in [-0.05, 0) is 45.0 Å². The maximum Gasteiger partial charge on any atom is 0.328 e. The van der Waals surface area contributed by atoms with E-state index in [1.54, 1.807) is 52.0 Å². The van der Waals surface area contributed by atoms with E-state index >= 15 is 0 Å². The highest BCUT2D eigenvalue weighted by atomic mass is 35.5. The molecule has 0 aromatic heterocycles. The fraction of sp³-hybridized carbons (Fsp3) is 0.471. The van der Waals surface area contributed by atoms with Crippen LogP contribution in [0.15, 0.2) is 24.3 Å². The Bertz CT molecular complexity index is 590. The zero-order valence-corrected chi connectivity index (χ0v) is 15.7. The first-order chi connectivity index (χ1) is 11.3. The molecule has 0 heterocycles. The number of carbonyl (C=O) groups excluding carboxylic acids is 3. The summed E-state index contributed by atoms with van der Waals surface area (Å²) in [5, 5.41) is 5.30. The Morgan fingerprint density at radius 2 is 1.68 bits per heavy atom. The Morgan fingerprint density at radius 1 is 1.12 bits per heavy atom. The fourth-order valence-electron chi connectivity index (χ4n) is 1.81. The Labute approximate surface area is 154 Å². The van der Waals surface area contributed by atoms with Gasteiger partial charge < -0.3 is 21.1 Å². The third-order valence-corrected chi connectivity index (χ3v) is 3.60. The summed E-state index contributed by atoms with van der Waals surface area (Å²) in [5.74, 6) is -1.38. The van der Waals surface area contributed by atoms with Crippen LogP contribution in [0.2, 0.25) is 0 Å². The average Bonchev–Trinajstić information content (AvgIpc) is 2.54. The van der Waals surface area contributed by atoms with E-state index in [-0.39, 0.29) is 36.9 Å². The molecule has 0 aliphatic rings. The molecule has 0 fully saturated rings. The molecule has 3 atom stereocenters. The lowest BCUT2D eigenvalue weighted by molar-refractivity contribution is -0.144. The van der Waals surface area contributed by atoms with Crippen molar-refractivity contribution in [1.82, 2.24) is 5.32 Å². The SMILES string of the molecule is CCOC(=O)C(C)NC(=O)c1ccc(NC(=O)C(C)C(C)N)cc1.Cl. The van der Waals surface area contributed by atoms with Gasteiger partial charge >= 0.3 is 5.97 Å². The summed E-state index contributed by atoms with van der Waals surface area (Å²) in [4.78, 5) is 35.5. The van der Waals surface area contributed by atoms with E-state index in [4.69, 9.17) is 10.5 Å². The Morgan fingerprint density at radius 3 is 2.16 bits per heavy atom. The van der Waals surface area contributed by atoms with Crippen molar-refractivity contribution < 1.29 is 19.1 Å². The lowest BCUT2D eigenvalue weighted by Crippen LogP contribution is -2.39. The summed E-state index contributed by atoms with van der Waals surface area (Å²) < 4.78 is 4.83. The van der Waals surface area contributed by atoms with E-state index in [2.05, 4.69) is 10.6 Å². The van der Waals surface area contributed by atoms with Gasteiger partial charge in [-0.3, -0.25) is 9.59 Å². The van der Waals surface area contributed by atoms with Crippen LogP contribution in [-0.4, -0.2) is 36.5 Å². The second-order valence-electron chi connectivity index (χ2n) is 5.66. The number of carbonyl (C=O) groups is 3. The molecule has 3 unspecified atom stereocenters. The van der Waals surface area contributed by atoms with Crippen molar-refractivity contribution in [3.8, 4) is 0 Å². The van der Waals surface area contributed by atoms with Crippen molar-refractivity contribution in [1.29, 1.82) is 0 Å². The predicted molar refractivity (Wildman–Crippen MR) is 98.7 cm³/mol. The molecule has 2 amide bonds. The molecule has 1 rings (SSSR count). The fourth-order valence-corrected chi connectivity index (χ4v) is 1.81. The first kappa shape index (κ1) is 22.9. The molecule has 0 spiro atoms. The van der Waals surface area contributed by atoms with Crippen molar-refractivity contribution in [2.45, 2.75) is 39.8 Å². The molecule has 0 aliphatic carbocycles. The minimum absolute atomic E-state index is 0. The molecule has 0 radical (unpaired) electrons. The number of hydrogen-bond donors (Lipinski definition) is 3. The monoisotopic (exact) mass is 371 g/mol.